The van der Waals surface area contributed by atoms with Gasteiger partial charge in [0.25, 0.3) is 20.2 Å². The second kappa shape index (κ2) is 13.2. The van der Waals surface area contributed by atoms with Crippen molar-refractivity contribution in [1.29, 1.82) is 0 Å². The summed E-state index contributed by atoms with van der Waals surface area (Å²) in [4.78, 5) is -0.313. The molecule has 0 saturated heterocycles. The van der Waals surface area contributed by atoms with E-state index < -0.39 is 45.7 Å². The third-order valence-electron chi connectivity index (χ3n) is 9.72. The van der Waals surface area contributed by atoms with Crippen molar-refractivity contribution in [2.24, 2.45) is 0 Å². The Hall–Kier alpha value is -5.24. The topological polar surface area (TPSA) is 225 Å². The zero-order chi connectivity index (χ0) is 40.9. The van der Waals surface area contributed by atoms with Crippen LogP contribution in [0.2, 0.25) is 0 Å². The second-order valence-corrected chi connectivity index (χ2v) is 20.2. The molecule has 0 radical (unpaired) electrons. The first-order valence-corrected chi connectivity index (χ1v) is 23.1. The molecule has 0 amide bonds. The fourth-order valence-corrected chi connectivity index (χ4v) is 10.8. The second-order valence-electron chi connectivity index (χ2n) is 13.1. The standard InChI is InChI=1S/C20H18O6S2.C18H14O8S2/c1-25-15-9-16(26-2)12-6-8-14-18(28(4,23)24)10-17(27(3,21)22)13-7-5-11(15)19(12)20(13)14;1-26-28(24,25)16-6-9(8-27(21,22)23)10-2-3-11-14(19)7-15(20)12-4-5-13(16)17(10)18(11)12/h5-10H,1-4H3;2-7,19-20H,8H2,1H3,(H,21,22,23). The van der Waals surface area contributed by atoms with E-state index in [-0.39, 0.29) is 37.1 Å². The van der Waals surface area contributed by atoms with E-state index in [9.17, 15) is 48.4 Å². The third kappa shape index (κ3) is 6.31. The summed E-state index contributed by atoms with van der Waals surface area (Å²) < 4.78 is 123. The van der Waals surface area contributed by atoms with Gasteiger partial charge < -0.3 is 19.7 Å². The molecule has 0 fully saturated rings. The van der Waals surface area contributed by atoms with Gasteiger partial charge in [-0.3, -0.25) is 8.74 Å². The maximum absolute atomic E-state index is 12.5. The molecule has 0 aliphatic heterocycles. The van der Waals surface area contributed by atoms with Crippen LogP contribution in [0.1, 0.15) is 5.56 Å². The number of phenols is 2. The average Bonchev–Trinajstić information content (AvgIpc) is 3.12. The number of phenolic OH excluding ortho intramolecular Hbond substituents is 2. The van der Waals surface area contributed by atoms with Crippen LogP contribution < -0.4 is 9.47 Å². The number of hydrogen-bond acceptors (Lipinski definition) is 13. The summed E-state index contributed by atoms with van der Waals surface area (Å²) in [6.45, 7) is 0. The van der Waals surface area contributed by atoms with Gasteiger partial charge in [0.1, 0.15) is 33.6 Å². The van der Waals surface area contributed by atoms with Gasteiger partial charge in [-0.2, -0.15) is 16.8 Å². The van der Waals surface area contributed by atoms with Gasteiger partial charge in [0, 0.05) is 78.5 Å². The molecule has 0 spiro atoms. The number of methoxy groups -OCH3 is 2. The number of benzene rings is 8. The minimum absolute atomic E-state index is 0.0170. The van der Waals surface area contributed by atoms with Gasteiger partial charge in [-0.1, -0.05) is 24.3 Å². The van der Waals surface area contributed by atoms with E-state index in [4.69, 9.17) is 9.47 Å². The van der Waals surface area contributed by atoms with Gasteiger partial charge in [-0.25, -0.2) is 16.8 Å². The van der Waals surface area contributed by atoms with E-state index in [0.29, 0.717) is 60.0 Å². The molecular formula is C38H32O14S4. The molecular weight excluding hydrogens is 809 g/mol. The van der Waals surface area contributed by atoms with Crippen molar-refractivity contribution in [3.05, 3.63) is 78.4 Å². The molecule has 8 rings (SSSR count). The minimum Gasteiger partial charge on any atom is -0.507 e. The molecule has 0 saturated carbocycles. The Balaban J connectivity index is 0.000000172. The van der Waals surface area contributed by atoms with E-state index >= 15 is 0 Å². The number of hydrogen-bond donors (Lipinski definition) is 3. The average molecular weight is 841 g/mol. The van der Waals surface area contributed by atoms with Gasteiger partial charge >= 0.3 is 0 Å². The summed E-state index contributed by atoms with van der Waals surface area (Å²) in [5, 5.41) is 26.2. The fourth-order valence-electron chi connectivity index (χ4n) is 7.42. The lowest BCUT2D eigenvalue weighted by Crippen LogP contribution is -2.08. The molecule has 0 aliphatic rings. The minimum atomic E-state index is -4.46. The van der Waals surface area contributed by atoms with Gasteiger partial charge in [-0.05, 0) is 52.7 Å². The van der Waals surface area contributed by atoms with Crippen molar-refractivity contribution in [3.63, 3.8) is 0 Å². The predicted octanol–water partition coefficient (Wildman–Crippen LogP) is 6.13. The Morgan fingerprint density at radius 3 is 1.29 bits per heavy atom. The lowest BCUT2D eigenvalue weighted by atomic mass is 9.91. The smallest absolute Gasteiger partial charge is 0.297 e. The molecule has 0 unspecified atom stereocenters. The first-order valence-electron chi connectivity index (χ1n) is 16.3. The van der Waals surface area contributed by atoms with Gasteiger partial charge in [0.05, 0.1) is 31.1 Å². The number of sulfone groups is 2. The summed E-state index contributed by atoms with van der Waals surface area (Å²) in [5.41, 5.74) is 0.0443. The molecule has 0 bridgehead atoms. The van der Waals surface area contributed by atoms with E-state index in [1.54, 1.807) is 30.3 Å². The van der Waals surface area contributed by atoms with E-state index in [1.165, 1.54) is 50.6 Å². The van der Waals surface area contributed by atoms with Crippen LogP contribution in [0, 0.1) is 0 Å². The molecule has 0 atom stereocenters. The molecule has 8 aromatic rings. The fraction of sp³-hybridized carbons (Fsp3) is 0.158. The van der Waals surface area contributed by atoms with Crippen molar-refractivity contribution >= 4 is 105 Å². The molecule has 0 aliphatic carbocycles. The van der Waals surface area contributed by atoms with Crippen molar-refractivity contribution in [3.8, 4) is 23.0 Å². The van der Waals surface area contributed by atoms with Crippen LogP contribution in [0.5, 0.6) is 23.0 Å². The lowest BCUT2D eigenvalue weighted by Gasteiger charge is -2.18. The van der Waals surface area contributed by atoms with Crippen LogP contribution in [0.25, 0.3) is 64.6 Å². The zero-order valence-electron chi connectivity index (χ0n) is 30.1. The van der Waals surface area contributed by atoms with Gasteiger partial charge in [0.15, 0.2) is 19.7 Å². The van der Waals surface area contributed by atoms with Crippen LogP contribution in [-0.2, 0) is 49.8 Å². The third-order valence-corrected chi connectivity index (χ3v) is 14.0. The SMILES string of the molecule is COS(=O)(=O)c1cc(CS(=O)(=O)O)c2ccc3c(O)cc(O)c4ccc1c2c34.COc1cc(OC)c2ccc3c(S(C)(=O)=O)cc(S(C)(=O)=O)c4ccc1c2c43. The summed E-state index contributed by atoms with van der Waals surface area (Å²) >= 11 is 0. The summed E-state index contributed by atoms with van der Waals surface area (Å²) in [7, 11) is -12.0. The Bertz CT molecular complexity index is 3270. The molecule has 14 nitrogen and oxygen atoms in total. The summed E-state index contributed by atoms with van der Waals surface area (Å²) in [6.07, 6.45) is 2.15. The summed E-state index contributed by atoms with van der Waals surface area (Å²) in [6, 6.07) is 18.4. The molecule has 0 aromatic heterocycles. The number of rotatable bonds is 8. The maximum atomic E-state index is 12.5. The van der Waals surface area contributed by atoms with Crippen molar-refractivity contribution < 1.29 is 62.1 Å². The molecule has 0 heterocycles. The van der Waals surface area contributed by atoms with E-state index in [0.717, 1.165) is 36.5 Å². The zero-order valence-corrected chi connectivity index (χ0v) is 33.4. The van der Waals surface area contributed by atoms with Crippen LogP contribution in [-0.4, -0.2) is 82.3 Å². The van der Waals surface area contributed by atoms with Crippen molar-refractivity contribution in [1.82, 2.24) is 0 Å². The Labute approximate surface area is 320 Å². The van der Waals surface area contributed by atoms with Gasteiger partial charge in [-0.15, -0.1) is 0 Å². The maximum Gasteiger partial charge on any atom is 0.297 e. The van der Waals surface area contributed by atoms with Crippen molar-refractivity contribution in [2.45, 2.75) is 20.4 Å². The van der Waals surface area contributed by atoms with Gasteiger partial charge in [0.2, 0.25) is 0 Å². The Morgan fingerprint density at radius 2 is 0.857 bits per heavy atom. The van der Waals surface area contributed by atoms with E-state index in [1.807, 2.05) is 0 Å². The predicted molar refractivity (Wildman–Crippen MR) is 212 cm³/mol. The van der Waals surface area contributed by atoms with Crippen molar-refractivity contribution in [2.75, 3.05) is 33.8 Å². The van der Waals surface area contributed by atoms with Crippen LogP contribution >= 0.6 is 0 Å². The molecule has 292 valence electrons. The lowest BCUT2D eigenvalue weighted by molar-refractivity contribution is 0.398. The molecule has 18 heteroatoms. The summed E-state index contributed by atoms with van der Waals surface area (Å²) in [5.74, 6) is -0.119. The first-order chi connectivity index (χ1) is 26.1. The van der Waals surface area contributed by atoms with E-state index in [2.05, 4.69) is 4.18 Å². The molecule has 8 aromatic carbocycles. The van der Waals surface area contributed by atoms with Crippen LogP contribution in [0.4, 0.5) is 0 Å². The highest BCUT2D eigenvalue weighted by molar-refractivity contribution is 7.91. The monoisotopic (exact) mass is 840 g/mol. The highest BCUT2D eigenvalue weighted by Gasteiger charge is 2.27. The Kier molecular flexibility index (Phi) is 9.18. The van der Waals surface area contributed by atoms with Crippen LogP contribution in [0.15, 0.2) is 87.5 Å². The number of ether oxygens (including phenoxy) is 2. The highest BCUT2D eigenvalue weighted by atomic mass is 32.2. The largest absolute Gasteiger partial charge is 0.507 e. The molecule has 3 N–H and O–H groups in total. The quantitative estimate of drug-likeness (QED) is 0.0890. The molecule has 56 heavy (non-hydrogen) atoms. The normalized spacial score (nSPS) is 13.0. The van der Waals surface area contributed by atoms with Crippen LogP contribution in [0.3, 0.4) is 0 Å². The Morgan fingerprint density at radius 1 is 0.482 bits per heavy atom. The first kappa shape index (κ1) is 39.0. The highest BCUT2D eigenvalue weighted by Crippen LogP contribution is 2.47. The number of aromatic hydroxyl groups is 2.